The van der Waals surface area contributed by atoms with Crippen LogP contribution in [0.3, 0.4) is 0 Å². The summed E-state index contributed by atoms with van der Waals surface area (Å²) in [6.45, 7) is 3.58. The maximum atomic E-state index is 11.8. The molecule has 0 saturated carbocycles. The first-order valence-electron chi connectivity index (χ1n) is 5.99. The number of hydrogen-bond donors (Lipinski definition) is 4. The molecule has 0 unspecified atom stereocenters. The average Bonchev–Trinajstić information content (AvgIpc) is 2.32. The number of anilines is 1. The SMILES string of the molecule is Cc1cc(Br)cc(C)c1NC(=O)N[C@H](CC(=O)O)C(=O)O. The van der Waals surface area contributed by atoms with E-state index in [0.717, 1.165) is 15.6 Å². The molecule has 0 saturated heterocycles. The number of hydrogen-bond acceptors (Lipinski definition) is 3. The largest absolute Gasteiger partial charge is 0.481 e. The Morgan fingerprint density at radius 3 is 2.14 bits per heavy atom. The lowest BCUT2D eigenvalue weighted by Gasteiger charge is -2.16. The summed E-state index contributed by atoms with van der Waals surface area (Å²) in [5.41, 5.74) is 2.14. The standard InChI is InChI=1S/C13H15BrN2O5/c1-6-3-8(14)4-7(2)11(6)16-13(21)15-9(12(19)20)5-10(17)18/h3-4,9H,5H2,1-2H3,(H,17,18)(H,19,20)(H2,15,16,21)/t9-/m1/s1. The van der Waals surface area contributed by atoms with E-state index < -0.39 is 30.4 Å². The van der Waals surface area contributed by atoms with E-state index in [1.165, 1.54) is 0 Å². The van der Waals surface area contributed by atoms with E-state index in [9.17, 15) is 14.4 Å². The average molecular weight is 359 g/mol. The number of carbonyl (C=O) groups excluding carboxylic acids is 1. The first kappa shape index (κ1) is 17.0. The van der Waals surface area contributed by atoms with E-state index in [0.29, 0.717) is 5.69 Å². The molecular weight excluding hydrogens is 344 g/mol. The molecule has 2 amide bonds. The van der Waals surface area contributed by atoms with E-state index in [2.05, 4.69) is 26.6 Å². The minimum atomic E-state index is -1.49. The number of carboxylic acids is 2. The van der Waals surface area contributed by atoms with Crippen LogP contribution in [0.15, 0.2) is 16.6 Å². The van der Waals surface area contributed by atoms with Gasteiger partial charge in [0.1, 0.15) is 6.04 Å². The highest BCUT2D eigenvalue weighted by Gasteiger charge is 2.23. The monoisotopic (exact) mass is 358 g/mol. The van der Waals surface area contributed by atoms with Crippen molar-refractivity contribution in [1.82, 2.24) is 5.32 Å². The fraction of sp³-hybridized carbons (Fsp3) is 0.308. The van der Waals surface area contributed by atoms with E-state index in [1.54, 1.807) is 26.0 Å². The van der Waals surface area contributed by atoms with Crippen LogP contribution in [0.5, 0.6) is 0 Å². The summed E-state index contributed by atoms with van der Waals surface area (Å²) in [6, 6.07) is 1.35. The van der Waals surface area contributed by atoms with Gasteiger partial charge in [-0.05, 0) is 37.1 Å². The first-order chi connectivity index (χ1) is 9.70. The van der Waals surface area contributed by atoms with Gasteiger partial charge in [0.2, 0.25) is 0 Å². The summed E-state index contributed by atoms with van der Waals surface area (Å²) in [6.07, 6.45) is -0.693. The normalized spacial score (nSPS) is 11.6. The zero-order valence-electron chi connectivity index (χ0n) is 11.4. The Balaban J connectivity index is 2.82. The lowest BCUT2D eigenvalue weighted by Crippen LogP contribution is -2.44. The third-order valence-corrected chi connectivity index (χ3v) is 3.18. The van der Waals surface area contributed by atoms with Crippen LogP contribution in [-0.2, 0) is 9.59 Å². The zero-order chi connectivity index (χ0) is 16.2. The maximum absolute atomic E-state index is 11.8. The number of urea groups is 1. The number of nitrogens with one attached hydrogen (secondary N) is 2. The number of aryl methyl sites for hydroxylation is 2. The predicted octanol–water partition coefficient (Wildman–Crippen LogP) is 2.12. The van der Waals surface area contributed by atoms with Crippen molar-refractivity contribution in [2.75, 3.05) is 5.32 Å². The van der Waals surface area contributed by atoms with E-state index >= 15 is 0 Å². The van der Waals surface area contributed by atoms with Gasteiger partial charge in [-0.15, -0.1) is 0 Å². The number of rotatable bonds is 5. The van der Waals surface area contributed by atoms with Crippen LogP contribution >= 0.6 is 15.9 Å². The molecule has 0 aliphatic rings. The van der Waals surface area contributed by atoms with Crippen LogP contribution in [0.2, 0.25) is 0 Å². The van der Waals surface area contributed by atoms with Crippen LogP contribution < -0.4 is 10.6 Å². The smallest absolute Gasteiger partial charge is 0.326 e. The Labute approximate surface area is 129 Å². The molecule has 1 aromatic carbocycles. The molecule has 0 radical (unpaired) electrons. The molecule has 1 aromatic rings. The fourth-order valence-electron chi connectivity index (χ4n) is 1.79. The van der Waals surface area contributed by atoms with Gasteiger partial charge in [-0.1, -0.05) is 15.9 Å². The van der Waals surface area contributed by atoms with Gasteiger partial charge in [0, 0.05) is 10.2 Å². The molecule has 0 spiro atoms. The summed E-state index contributed by atoms with van der Waals surface area (Å²) in [4.78, 5) is 33.3. The summed E-state index contributed by atoms with van der Waals surface area (Å²) < 4.78 is 0.859. The quantitative estimate of drug-likeness (QED) is 0.643. The summed E-state index contributed by atoms with van der Waals surface area (Å²) in [5, 5.41) is 22.1. The Morgan fingerprint density at radius 1 is 1.19 bits per heavy atom. The molecule has 21 heavy (non-hydrogen) atoms. The first-order valence-corrected chi connectivity index (χ1v) is 6.79. The minimum absolute atomic E-state index is 0.551. The van der Waals surface area contributed by atoms with E-state index in [-0.39, 0.29) is 0 Å². The molecule has 0 aliphatic heterocycles. The number of carboxylic acid groups (broad SMARTS) is 2. The third-order valence-electron chi connectivity index (χ3n) is 2.72. The number of aliphatic carboxylic acids is 2. The summed E-state index contributed by atoms with van der Waals surface area (Å²) in [5.74, 6) is -2.71. The Hall–Kier alpha value is -2.09. The van der Waals surface area contributed by atoms with Gasteiger partial charge in [0.05, 0.1) is 6.42 Å². The van der Waals surface area contributed by atoms with Crippen LogP contribution in [-0.4, -0.2) is 34.2 Å². The van der Waals surface area contributed by atoms with Crippen molar-refractivity contribution in [2.24, 2.45) is 0 Å². The molecule has 0 heterocycles. The zero-order valence-corrected chi connectivity index (χ0v) is 13.0. The molecule has 7 nitrogen and oxygen atoms in total. The second-order valence-corrected chi connectivity index (χ2v) is 5.42. The summed E-state index contributed by atoms with van der Waals surface area (Å²) >= 11 is 3.33. The van der Waals surface area contributed by atoms with Gasteiger partial charge in [-0.25, -0.2) is 9.59 Å². The van der Waals surface area contributed by atoms with Crippen LogP contribution in [0.4, 0.5) is 10.5 Å². The molecule has 0 bridgehead atoms. The van der Waals surface area contributed by atoms with Gasteiger partial charge in [-0.2, -0.15) is 0 Å². The maximum Gasteiger partial charge on any atom is 0.326 e. The van der Waals surface area contributed by atoms with Crippen LogP contribution in [0.1, 0.15) is 17.5 Å². The molecular formula is C13H15BrN2O5. The number of benzene rings is 1. The minimum Gasteiger partial charge on any atom is -0.481 e. The Bertz CT molecular complexity index is 565. The molecule has 0 aromatic heterocycles. The van der Waals surface area contributed by atoms with Gasteiger partial charge in [0.15, 0.2) is 0 Å². The van der Waals surface area contributed by atoms with Gasteiger partial charge >= 0.3 is 18.0 Å². The second-order valence-electron chi connectivity index (χ2n) is 4.50. The van der Waals surface area contributed by atoms with Crippen molar-refractivity contribution in [1.29, 1.82) is 0 Å². The van der Waals surface area contributed by atoms with Crippen LogP contribution in [0, 0.1) is 13.8 Å². The van der Waals surface area contributed by atoms with Crippen LogP contribution in [0.25, 0.3) is 0 Å². The van der Waals surface area contributed by atoms with Crippen molar-refractivity contribution < 1.29 is 24.6 Å². The second kappa shape index (κ2) is 7.07. The molecule has 4 N–H and O–H groups in total. The van der Waals surface area contributed by atoms with E-state index in [1.807, 2.05) is 0 Å². The Kier molecular flexibility index (Phi) is 5.71. The lowest BCUT2D eigenvalue weighted by atomic mass is 10.1. The number of halogens is 1. The van der Waals surface area contributed by atoms with Crippen molar-refractivity contribution in [2.45, 2.75) is 26.3 Å². The van der Waals surface area contributed by atoms with Crippen molar-refractivity contribution in [3.63, 3.8) is 0 Å². The Morgan fingerprint density at radius 2 is 1.71 bits per heavy atom. The molecule has 1 atom stereocenters. The topological polar surface area (TPSA) is 116 Å². The highest BCUT2D eigenvalue weighted by atomic mass is 79.9. The molecule has 114 valence electrons. The molecule has 1 rings (SSSR count). The molecule has 0 fully saturated rings. The van der Waals surface area contributed by atoms with Gasteiger partial charge in [0.25, 0.3) is 0 Å². The van der Waals surface area contributed by atoms with Gasteiger partial charge < -0.3 is 20.8 Å². The van der Waals surface area contributed by atoms with Crippen molar-refractivity contribution in [3.8, 4) is 0 Å². The van der Waals surface area contributed by atoms with Crippen molar-refractivity contribution >= 4 is 39.6 Å². The lowest BCUT2D eigenvalue weighted by molar-refractivity contribution is -0.145. The number of amides is 2. The summed E-state index contributed by atoms with van der Waals surface area (Å²) in [7, 11) is 0. The van der Waals surface area contributed by atoms with Gasteiger partial charge in [-0.3, -0.25) is 4.79 Å². The molecule has 8 heteroatoms. The highest BCUT2D eigenvalue weighted by Crippen LogP contribution is 2.24. The fourth-order valence-corrected chi connectivity index (χ4v) is 2.48. The third kappa shape index (κ3) is 5.07. The van der Waals surface area contributed by atoms with Crippen molar-refractivity contribution in [3.05, 3.63) is 27.7 Å². The predicted molar refractivity (Wildman–Crippen MR) is 79.4 cm³/mol. The molecule has 0 aliphatic carbocycles. The number of carbonyl (C=O) groups is 3. The highest BCUT2D eigenvalue weighted by molar-refractivity contribution is 9.10. The van der Waals surface area contributed by atoms with E-state index in [4.69, 9.17) is 10.2 Å².